The van der Waals surface area contributed by atoms with E-state index in [2.05, 4.69) is 4.98 Å². The maximum atomic E-state index is 14.2. The molecule has 1 aromatic heterocycles. The average Bonchev–Trinajstić information content (AvgIpc) is 2.38. The van der Waals surface area contributed by atoms with Crippen LogP contribution in [0.3, 0.4) is 0 Å². The summed E-state index contributed by atoms with van der Waals surface area (Å²) in [5.74, 6) is -3.15. The van der Waals surface area contributed by atoms with Gasteiger partial charge in [-0.3, -0.25) is 4.57 Å². The summed E-state index contributed by atoms with van der Waals surface area (Å²) >= 11 is 0. The van der Waals surface area contributed by atoms with Gasteiger partial charge in [0.2, 0.25) is 0 Å². The Morgan fingerprint density at radius 3 is 2.22 bits per heavy atom. The second kappa shape index (κ2) is 6.27. The molecule has 1 rings (SSSR count). The molecule has 0 fully saturated rings. The first-order chi connectivity index (χ1) is 10.2. The van der Waals surface area contributed by atoms with Crippen LogP contribution in [0.15, 0.2) is 9.59 Å². The highest BCUT2D eigenvalue weighted by atomic mass is 28.4. The van der Waals surface area contributed by atoms with Crippen LogP contribution in [-0.2, 0) is 18.0 Å². The van der Waals surface area contributed by atoms with Gasteiger partial charge in [-0.05, 0) is 25.1 Å². The largest absolute Gasteiger partial charge is 0.411 e. The fourth-order valence-corrected chi connectivity index (χ4v) is 2.59. The Kier molecular flexibility index (Phi) is 5.37. The minimum Gasteiger partial charge on any atom is -0.411 e. The van der Waals surface area contributed by atoms with Gasteiger partial charge in [0.25, 0.3) is 5.92 Å². The van der Waals surface area contributed by atoms with Gasteiger partial charge in [0, 0.05) is 7.05 Å². The maximum absolute atomic E-state index is 14.2. The maximum Gasteiger partial charge on any atom is 0.353 e. The topological polar surface area (TPSA) is 66.1 Å². The molecule has 9 heteroatoms. The number of nitrogens with zero attached hydrogens (tertiary/aromatic N) is 3. The molecule has 0 unspecified atom stereocenters. The van der Waals surface area contributed by atoms with E-state index in [1.54, 1.807) is 0 Å². The van der Waals surface area contributed by atoms with Crippen molar-refractivity contribution >= 4 is 8.32 Å². The molecule has 0 N–H and O–H groups in total. The molecule has 1 aromatic rings. The van der Waals surface area contributed by atoms with Gasteiger partial charge in [0.15, 0.2) is 8.32 Å². The molecule has 0 amide bonds. The highest BCUT2D eigenvalue weighted by Gasteiger charge is 2.41. The standard InChI is InChI=1S/C14H25F2N3O3Si/c1-10-17-11(20)19(12(21)18(10)5)8-14(15,16)9-22-23(6,7)13(2,3)4/h8-9H2,1-7H3. The summed E-state index contributed by atoms with van der Waals surface area (Å²) in [7, 11) is -0.965. The van der Waals surface area contributed by atoms with Crippen molar-refractivity contribution in [1.29, 1.82) is 0 Å². The van der Waals surface area contributed by atoms with Crippen molar-refractivity contribution in [2.24, 2.45) is 7.05 Å². The number of aryl methyl sites for hydroxylation is 1. The molecule has 0 aliphatic carbocycles. The SMILES string of the molecule is Cc1nc(=O)n(CC(F)(F)CO[Si](C)(C)C(C)(C)C)c(=O)n1C. The van der Waals surface area contributed by atoms with Gasteiger partial charge in [-0.15, -0.1) is 0 Å². The number of hydrogen-bond donors (Lipinski definition) is 0. The van der Waals surface area contributed by atoms with Gasteiger partial charge < -0.3 is 4.43 Å². The monoisotopic (exact) mass is 349 g/mol. The molecular formula is C14H25F2N3O3Si. The minimum atomic E-state index is -3.33. The lowest BCUT2D eigenvalue weighted by Crippen LogP contribution is -2.49. The lowest BCUT2D eigenvalue weighted by Gasteiger charge is -2.37. The van der Waals surface area contributed by atoms with Crippen LogP contribution in [0.5, 0.6) is 0 Å². The Hall–Kier alpha value is -1.35. The molecule has 0 saturated heterocycles. The molecule has 0 aliphatic heterocycles. The fraction of sp³-hybridized carbons (Fsp3) is 0.786. The summed E-state index contributed by atoms with van der Waals surface area (Å²) in [6, 6.07) is 0. The summed E-state index contributed by atoms with van der Waals surface area (Å²) in [4.78, 5) is 27.3. The van der Waals surface area contributed by atoms with E-state index >= 15 is 0 Å². The molecular weight excluding hydrogens is 324 g/mol. The van der Waals surface area contributed by atoms with Crippen LogP contribution in [0.25, 0.3) is 0 Å². The van der Waals surface area contributed by atoms with Crippen LogP contribution >= 0.6 is 0 Å². The van der Waals surface area contributed by atoms with E-state index in [9.17, 15) is 18.4 Å². The van der Waals surface area contributed by atoms with Gasteiger partial charge in [-0.25, -0.2) is 22.9 Å². The number of alkyl halides is 2. The number of rotatable bonds is 5. The van der Waals surface area contributed by atoms with Crippen LogP contribution < -0.4 is 11.4 Å². The van der Waals surface area contributed by atoms with E-state index in [0.29, 0.717) is 4.57 Å². The van der Waals surface area contributed by atoms with E-state index in [1.165, 1.54) is 14.0 Å². The second-order valence-electron chi connectivity index (χ2n) is 7.27. The molecule has 0 aliphatic rings. The normalized spacial score (nSPS) is 13.4. The van der Waals surface area contributed by atoms with Crippen LogP contribution in [0, 0.1) is 6.92 Å². The molecule has 1 heterocycles. The van der Waals surface area contributed by atoms with Crippen LogP contribution in [0.2, 0.25) is 18.1 Å². The summed E-state index contributed by atoms with van der Waals surface area (Å²) in [6.07, 6.45) is 0. The number of aromatic nitrogens is 3. The third kappa shape index (κ3) is 4.57. The first-order valence-electron chi connectivity index (χ1n) is 7.34. The summed E-state index contributed by atoms with van der Waals surface area (Å²) < 4.78 is 35.4. The predicted octanol–water partition coefficient (Wildman–Crippen LogP) is 1.91. The Morgan fingerprint density at radius 1 is 1.22 bits per heavy atom. The Balaban J connectivity index is 2.99. The van der Waals surface area contributed by atoms with Gasteiger partial charge in [-0.1, -0.05) is 20.8 Å². The minimum absolute atomic E-state index is 0.178. The highest BCUT2D eigenvalue weighted by Crippen LogP contribution is 2.37. The number of hydrogen-bond acceptors (Lipinski definition) is 4. The molecule has 0 saturated carbocycles. The molecule has 0 aromatic carbocycles. The molecule has 0 spiro atoms. The summed E-state index contributed by atoms with van der Waals surface area (Å²) in [5.41, 5.74) is -1.79. The molecule has 0 radical (unpaired) electrons. The zero-order valence-corrected chi connectivity index (χ0v) is 15.7. The van der Waals surface area contributed by atoms with Crippen molar-refractivity contribution in [3.63, 3.8) is 0 Å². The van der Waals surface area contributed by atoms with Gasteiger partial charge in [-0.2, -0.15) is 4.98 Å². The van der Waals surface area contributed by atoms with Gasteiger partial charge >= 0.3 is 11.4 Å². The second-order valence-corrected chi connectivity index (χ2v) is 12.1. The van der Waals surface area contributed by atoms with Gasteiger partial charge in [0.1, 0.15) is 5.82 Å². The van der Waals surface area contributed by atoms with Crippen molar-refractivity contribution in [3.05, 3.63) is 26.8 Å². The quantitative estimate of drug-likeness (QED) is 0.762. The summed E-state index contributed by atoms with van der Waals surface area (Å²) in [5, 5.41) is -0.207. The van der Waals surface area contributed by atoms with Gasteiger partial charge in [0.05, 0.1) is 13.2 Å². The lowest BCUT2D eigenvalue weighted by molar-refractivity contribution is -0.0604. The molecule has 0 bridgehead atoms. The first-order valence-corrected chi connectivity index (χ1v) is 10.2. The Morgan fingerprint density at radius 2 is 1.74 bits per heavy atom. The zero-order chi connectivity index (χ0) is 18.2. The predicted molar refractivity (Wildman–Crippen MR) is 86.6 cm³/mol. The summed E-state index contributed by atoms with van der Waals surface area (Å²) in [6.45, 7) is 9.16. The van der Waals surface area contributed by atoms with Crippen molar-refractivity contribution in [2.45, 2.75) is 58.3 Å². The Labute approximate surface area is 135 Å². The van der Waals surface area contributed by atoms with Crippen molar-refractivity contribution in [2.75, 3.05) is 6.61 Å². The van der Waals surface area contributed by atoms with E-state index < -0.39 is 38.8 Å². The number of halogens is 2. The average molecular weight is 349 g/mol. The van der Waals surface area contributed by atoms with Crippen LogP contribution in [-0.4, -0.2) is 35.0 Å². The zero-order valence-electron chi connectivity index (χ0n) is 14.7. The third-order valence-corrected chi connectivity index (χ3v) is 8.81. The van der Waals surface area contributed by atoms with Crippen LogP contribution in [0.1, 0.15) is 26.6 Å². The molecule has 6 nitrogen and oxygen atoms in total. The van der Waals surface area contributed by atoms with E-state index in [-0.39, 0.29) is 10.9 Å². The molecule has 132 valence electrons. The van der Waals surface area contributed by atoms with E-state index in [4.69, 9.17) is 4.43 Å². The van der Waals surface area contributed by atoms with Crippen molar-refractivity contribution in [1.82, 2.24) is 14.1 Å². The van der Waals surface area contributed by atoms with E-state index in [1.807, 2.05) is 33.9 Å². The third-order valence-electron chi connectivity index (χ3n) is 4.33. The smallest absolute Gasteiger partial charge is 0.353 e. The van der Waals surface area contributed by atoms with Crippen LogP contribution in [0.4, 0.5) is 8.78 Å². The van der Waals surface area contributed by atoms with E-state index in [0.717, 1.165) is 4.57 Å². The molecule has 23 heavy (non-hydrogen) atoms. The van der Waals surface area contributed by atoms with Crippen molar-refractivity contribution in [3.8, 4) is 0 Å². The first kappa shape index (κ1) is 19.7. The Bertz CT molecular complexity index is 690. The van der Waals surface area contributed by atoms with Crippen molar-refractivity contribution < 1.29 is 13.2 Å². The lowest BCUT2D eigenvalue weighted by atomic mass is 10.2. The fourth-order valence-electron chi connectivity index (χ4n) is 1.59. The highest BCUT2D eigenvalue weighted by molar-refractivity contribution is 6.74. The molecule has 0 atom stereocenters.